The highest BCUT2D eigenvalue weighted by Gasteiger charge is 2.37. The zero-order valence-corrected chi connectivity index (χ0v) is 19.4. The van der Waals surface area contributed by atoms with Crippen LogP contribution in [0.15, 0.2) is 55.1 Å². The summed E-state index contributed by atoms with van der Waals surface area (Å²) in [5.41, 5.74) is 2.47. The first-order chi connectivity index (χ1) is 15.9. The lowest BCUT2D eigenvalue weighted by molar-refractivity contribution is -0.126. The summed E-state index contributed by atoms with van der Waals surface area (Å²) in [7, 11) is 3.02. The minimum Gasteiger partial charge on any atom is -0.495 e. The lowest BCUT2D eigenvalue weighted by Crippen LogP contribution is -2.34. The molecule has 9 heteroatoms. The summed E-state index contributed by atoms with van der Waals surface area (Å²) in [5.74, 6) is 0.0986. The van der Waals surface area contributed by atoms with Crippen molar-refractivity contribution in [2.75, 3.05) is 25.7 Å². The Bertz CT molecular complexity index is 1150. The molecule has 172 valence electrons. The topological polar surface area (TPSA) is 85.7 Å². The number of hydrogen-bond acceptors (Lipinski definition) is 5. The number of anilines is 1. The average molecular weight is 469 g/mol. The van der Waals surface area contributed by atoms with Gasteiger partial charge in [0.05, 0.1) is 43.2 Å². The summed E-state index contributed by atoms with van der Waals surface area (Å²) < 4.78 is 12.5. The Morgan fingerprint density at radius 3 is 2.55 bits per heavy atom. The number of methoxy groups -OCH3 is 2. The number of hydrogen-bond donors (Lipinski definition) is 1. The largest absolute Gasteiger partial charge is 0.495 e. The number of ether oxygens (including phenoxy) is 2. The van der Waals surface area contributed by atoms with Crippen molar-refractivity contribution in [3.8, 4) is 17.2 Å². The second kappa shape index (κ2) is 9.54. The maximum Gasteiger partial charge on any atom is 0.227 e. The number of nitrogens with one attached hydrogen (secondary N) is 1. The fourth-order valence-electron chi connectivity index (χ4n) is 3.93. The van der Waals surface area contributed by atoms with Crippen molar-refractivity contribution in [1.29, 1.82) is 0 Å². The number of nitrogens with zero attached hydrogens (tertiary/aromatic N) is 3. The van der Waals surface area contributed by atoms with Crippen molar-refractivity contribution in [2.45, 2.75) is 19.4 Å². The van der Waals surface area contributed by atoms with E-state index in [1.807, 2.05) is 42.0 Å². The molecule has 8 nitrogen and oxygen atoms in total. The Hall–Kier alpha value is -3.52. The number of amides is 2. The average Bonchev–Trinajstić information content (AvgIpc) is 3.49. The van der Waals surface area contributed by atoms with Crippen LogP contribution in [-0.2, 0) is 9.59 Å². The van der Waals surface area contributed by atoms with Gasteiger partial charge >= 0.3 is 0 Å². The zero-order chi connectivity index (χ0) is 23.5. The van der Waals surface area contributed by atoms with Crippen LogP contribution in [0.25, 0.3) is 5.69 Å². The van der Waals surface area contributed by atoms with Crippen LogP contribution in [-0.4, -0.2) is 42.1 Å². The first kappa shape index (κ1) is 22.7. The van der Waals surface area contributed by atoms with Gasteiger partial charge < -0.3 is 24.3 Å². The fraction of sp³-hybridized carbons (Fsp3) is 0.292. The second-order valence-corrected chi connectivity index (χ2v) is 8.26. The number of halogens is 1. The van der Waals surface area contributed by atoms with E-state index in [4.69, 9.17) is 21.1 Å². The molecule has 2 unspecified atom stereocenters. The van der Waals surface area contributed by atoms with Crippen molar-refractivity contribution in [3.63, 3.8) is 0 Å². The molecular weight excluding hydrogens is 444 g/mol. The van der Waals surface area contributed by atoms with Gasteiger partial charge in [0.1, 0.15) is 11.5 Å². The third-order valence-corrected chi connectivity index (χ3v) is 6.09. The summed E-state index contributed by atoms with van der Waals surface area (Å²) in [4.78, 5) is 31.3. The fourth-order valence-corrected chi connectivity index (χ4v) is 4.17. The minimum atomic E-state index is -0.476. The Morgan fingerprint density at radius 2 is 1.91 bits per heavy atom. The molecule has 0 bridgehead atoms. The third kappa shape index (κ3) is 4.66. The van der Waals surface area contributed by atoms with Gasteiger partial charge in [-0.05, 0) is 30.7 Å². The van der Waals surface area contributed by atoms with E-state index < -0.39 is 5.92 Å². The van der Waals surface area contributed by atoms with Crippen LogP contribution in [0.4, 0.5) is 5.69 Å². The van der Waals surface area contributed by atoms with E-state index in [0.717, 1.165) is 11.3 Å². The Balaban J connectivity index is 1.44. The molecule has 2 amide bonds. The maximum atomic E-state index is 12.9. The zero-order valence-electron chi connectivity index (χ0n) is 18.6. The number of aromatic nitrogens is 2. The highest BCUT2D eigenvalue weighted by Crippen LogP contribution is 2.40. The lowest BCUT2D eigenvalue weighted by Gasteiger charge is -2.21. The van der Waals surface area contributed by atoms with Gasteiger partial charge in [-0.25, -0.2) is 4.98 Å². The van der Waals surface area contributed by atoms with E-state index >= 15 is 0 Å². The van der Waals surface area contributed by atoms with Crippen molar-refractivity contribution in [3.05, 3.63) is 65.7 Å². The Kier molecular flexibility index (Phi) is 6.55. The van der Waals surface area contributed by atoms with Gasteiger partial charge in [-0.15, -0.1) is 0 Å². The van der Waals surface area contributed by atoms with Gasteiger partial charge in [-0.1, -0.05) is 23.7 Å². The summed E-state index contributed by atoms with van der Waals surface area (Å²) in [6.07, 6.45) is 5.44. The van der Waals surface area contributed by atoms with E-state index in [9.17, 15) is 9.59 Å². The molecule has 1 N–H and O–H groups in total. The summed E-state index contributed by atoms with van der Waals surface area (Å²) in [6, 6.07) is 10.9. The van der Waals surface area contributed by atoms with Crippen LogP contribution in [0, 0.1) is 5.92 Å². The van der Waals surface area contributed by atoms with Crippen LogP contribution >= 0.6 is 11.6 Å². The lowest BCUT2D eigenvalue weighted by atomic mass is 10.0. The van der Waals surface area contributed by atoms with Crippen LogP contribution in [0.5, 0.6) is 11.5 Å². The number of carbonyl (C=O) groups excluding carboxylic acids is 2. The first-order valence-corrected chi connectivity index (χ1v) is 10.9. The standard InChI is InChI=1S/C24H25ClN4O4/c1-15(16-4-6-18(7-5-16)28-9-8-26-14-28)27-24(31)17-10-23(30)29(13-17)20-11-19(25)21(32-2)12-22(20)33-3/h4-9,11-12,14-15,17H,10,13H2,1-3H3,(H,27,31). The SMILES string of the molecule is COc1cc(OC)c(N2CC(C(=O)NC(C)c3ccc(-n4ccnc4)cc3)CC2=O)cc1Cl. The molecule has 1 aliphatic rings. The monoisotopic (exact) mass is 468 g/mol. The number of imidazole rings is 1. The highest BCUT2D eigenvalue weighted by molar-refractivity contribution is 6.32. The molecule has 2 aromatic carbocycles. The molecule has 1 saturated heterocycles. The van der Waals surface area contributed by atoms with E-state index in [-0.39, 0.29) is 30.8 Å². The van der Waals surface area contributed by atoms with Crippen molar-refractivity contribution in [1.82, 2.24) is 14.9 Å². The third-order valence-electron chi connectivity index (χ3n) is 5.79. The quantitative estimate of drug-likeness (QED) is 0.570. The van der Waals surface area contributed by atoms with Crippen LogP contribution in [0.3, 0.4) is 0 Å². The summed E-state index contributed by atoms with van der Waals surface area (Å²) in [5, 5.41) is 3.39. The minimum absolute atomic E-state index is 0.116. The molecule has 1 aliphatic heterocycles. The van der Waals surface area contributed by atoms with Gasteiger partial charge in [0.15, 0.2) is 0 Å². The van der Waals surface area contributed by atoms with Crippen LogP contribution in [0.1, 0.15) is 24.9 Å². The first-order valence-electron chi connectivity index (χ1n) is 10.5. The Morgan fingerprint density at radius 1 is 1.18 bits per heavy atom. The second-order valence-electron chi connectivity index (χ2n) is 7.86. The van der Waals surface area contributed by atoms with Gasteiger partial charge in [-0.2, -0.15) is 0 Å². The van der Waals surface area contributed by atoms with E-state index in [1.54, 1.807) is 29.6 Å². The van der Waals surface area contributed by atoms with Crippen molar-refractivity contribution in [2.24, 2.45) is 5.92 Å². The molecule has 4 rings (SSSR count). The van der Waals surface area contributed by atoms with Crippen molar-refractivity contribution >= 4 is 29.1 Å². The van der Waals surface area contributed by atoms with E-state index in [0.29, 0.717) is 22.2 Å². The van der Waals surface area contributed by atoms with Gasteiger partial charge in [0.2, 0.25) is 11.8 Å². The molecule has 0 aliphatic carbocycles. The summed E-state index contributed by atoms with van der Waals surface area (Å²) in [6.45, 7) is 2.17. The highest BCUT2D eigenvalue weighted by atomic mass is 35.5. The molecule has 0 radical (unpaired) electrons. The Labute approximate surface area is 197 Å². The molecule has 3 aromatic rings. The number of rotatable bonds is 7. The van der Waals surface area contributed by atoms with Gasteiger partial charge in [0.25, 0.3) is 0 Å². The molecule has 2 heterocycles. The predicted octanol–water partition coefficient (Wildman–Crippen LogP) is 3.77. The maximum absolute atomic E-state index is 12.9. The molecule has 0 spiro atoms. The van der Waals surface area contributed by atoms with Crippen LogP contribution in [0.2, 0.25) is 5.02 Å². The van der Waals surface area contributed by atoms with Gasteiger partial charge in [-0.3, -0.25) is 9.59 Å². The van der Waals surface area contributed by atoms with Gasteiger partial charge in [0, 0.05) is 37.1 Å². The molecule has 1 aromatic heterocycles. The van der Waals surface area contributed by atoms with E-state index in [2.05, 4.69) is 10.3 Å². The molecule has 2 atom stereocenters. The predicted molar refractivity (Wildman–Crippen MR) is 125 cm³/mol. The normalized spacial score (nSPS) is 16.5. The molecule has 0 saturated carbocycles. The molecule has 33 heavy (non-hydrogen) atoms. The summed E-state index contributed by atoms with van der Waals surface area (Å²) >= 11 is 6.26. The number of carbonyl (C=O) groups is 2. The number of benzene rings is 2. The van der Waals surface area contributed by atoms with Crippen LogP contribution < -0.4 is 19.7 Å². The molecular formula is C24H25ClN4O4. The van der Waals surface area contributed by atoms with E-state index in [1.165, 1.54) is 14.2 Å². The molecule has 1 fully saturated rings. The smallest absolute Gasteiger partial charge is 0.227 e. The van der Waals surface area contributed by atoms with Crippen molar-refractivity contribution < 1.29 is 19.1 Å².